The quantitative estimate of drug-likeness (QED) is 0.557. The van der Waals surface area contributed by atoms with Gasteiger partial charge in [0.05, 0.1) is 25.3 Å². The van der Waals surface area contributed by atoms with E-state index in [1.54, 1.807) is 7.11 Å². The average Bonchev–Trinajstić information content (AvgIpc) is 3.03. The first kappa shape index (κ1) is 24.1. The first-order valence-corrected chi connectivity index (χ1v) is 12.3. The van der Waals surface area contributed by atoms with Crippen LogP contribution in [0, 0.1) is 30.6 Å². The number of hydrogen-bond donors (Lipinski definition) is 1. The van der Waals surface area contributed by atoms with Gasteiger partial charge in [-0.25, -0.2) is 0 Å². The third-order valence-corrected chi connectivity index (χ3v) is 7.26. The number of rotatable bonds is 5. The normalized spacial score (nSPS) is 19.6. The summed E-state index contributed by atoms with van der Waals surface area (Å²) in [6, 6.07) is 7.95. The van der Waals surface area contributed by atoms with Crippen LogP contribution in [0.25, 0.3) is 0 Å². The second kappa shape index (κ2) is 8.95. The predicted molar refractivity (Wildman–Crippen MR) is 132 cm³/mol. The number of carbonyl (C=O) groups excluding carboxylic acids is 1. The minimum Gasteiger partial charge on any atom is -0.496 e. The second-order valence-corrected chi connectivity index (χ2v) is 10.3. The highest BCUT2D eigenvalue weighted by Gasteiger charge is 2.43. The molecule has 7 nitrogen and oxygen atoms in total. The number of aryl methyl sites for hydroxylation is 1. The van der Waals surface area contributed by atoms with Gasteiger partial charge >= 0.3 is 0 Å². The minimum absolute atomic E-state index is 0.00521. The lowest BCUT2D eigenvalue weighted by Crippen LogP contribution is -2.33. The van der Waals surface area contributed by atoms with Gasteiger partial charge in [0.2, 0.25) is 5.88 Å². The summed E-state index contributed by atoms with van der Waals surface area (Å²) < 4.78 is 13.4. The summed E-state index contributed by atoms with van der Waals surface area (Å²) in [4.78, 5) is 13.3. The molecule has 1 aliphatic heterocycles. The summed E-state index contributed by atoms with van der Waals surface area (Å²) in [6.07, 6.45) is 0.989. The van der Waals surface area contributed by atoms with E-state index in [2.05, 4.69) is 22.0 Å². The van der Waals surface area contributed by atoms with E-state index in [1.807, 2.05) is 50.6 Å². The lowest BCUT2D eigenvalue weighted by atomic mass is 9.70. The number of Topliss-reactive ketones (excluding diaryl/α,β-unsaturated/α-hetero) is 1. The Hall–Kier alpha value is -3.05. The Morgan fingerprint density at radius 3 is 2.71 bits per heavy atom. The van der Waals surface area contributed by atoms with Gasteiger partial charge in [-0.1, -0.05) is 35.8 Å². The van der Waals surface area contributed by atoms with Crippen LogP contribution in [-0.2, 0) is 21.4 Å². The maximum absolute atomic E-state index is 13.3. The molecule has 1 aliphatic carbocycles. The molecule has 2 N–H and O–H groups in total. The topological polar surface area (TPSA) is 103 Å². The van der Waals surface area contributed by atoms with Crippen molar-refractivity contribution in [1.82, 2.24) is 9.78 Å². The molecule has 0 radical (unpaired) electrons. The van der Waals surface area contributed by atoms with Crippen molar-refractivity contribution >= 4 is 21.7 Å². The molecule has 0 saturated carbocycles. The second-order valence-electron chi connectivity index (χ2n) is 9.71. The van der Waals surface area contributed by atoms with Crippen molar-refractivity contribution in [2.75, 3.05) is 7.11 Å². The van der Waals surface area contributed by atoms with Crippen LogP contribution in [0.3, 0.4) is 0 Å². The highest BCUT2D eigenvalue weighted by atomic mass is 79.9. The molecule has 178 valence electrons. The van der Waals surface area contributed by atoms with Crippen molar-refractivity contribution in [3.05, 3.63) is 69.1 Å². The Labute approximate surface area is 208 Å². The summed E-state index contributed by atoms with van der Waals surface area (Å²) in [5.41, 5.74) is 11.7. The molecule has 0 bridgehead atoms. The van der Waals surface area contributed by atoms with Crippen LogP contribution in [0.4, 0.5) is 0 Å². The average molecular weight is 525 g/mol. The fourth-order valence-electron chi connectivity index (χ4n) is 4.96. The van der Waals surface area contributed by atoms with Crippen molar-refractivity contribution in [2.24, 2.45) is 11.1 Å². The van der Waals surface area contributed by atoms with E-state index in [4.69, 9.17) is 20.3 Å². The summed E-state index contributed by atoms with van der Waals surface area (Å²) >= 11 is 3.54. The van der Waals surface area contributed by atoms with E-state index >= 15 is 0 Å². The van der Waals surface area contributed by atoms with Crippen LogP contribution in [-0.4, -0.2) is 22.7 Å². The van der Waals surface area contributed by atoms with Crippen LogP contribution in [0.2, 0.25) is 0 Å². The highest BCUT2D eigenvalue weighted by Crippen LogP contribution is 2.48. The zero-order chi connectivity index (χ0) is 24.8. The van der Waals surface area contributed by atoms with E-state index < -0.39 is 5.92 Å². The molecule has 2 aromatic rings. The number of ether oxygens (including phenoxy) is 2. The molecule has 34 heavy (non-hydrogen) atoms. The number of nitrogens with two attached hydrogens (primary N) is 1. The Bertz CT molecular complexity index is 1280. The third-order valence-electron chi connectivity index (χ3n) is 6.70. The Morgan fingerprint density at radius 2 is 2.09 bits per heavy atom. The molecule has 0 spiro atoms. The molecule has 2 heterocycles. The van der Waals surface area contributed by atoms with E-state index in [0.29, 0.717) is 36.5 Å². The summed E-state index contributed by atoms with van der Waals surface area (Å²) in [5.74, 6) is 0.773. The number of methoxy groups -OCH3 is 1. The molecule has 8 heteroatoms. The van der Waals surface area contributed by atoms with Gasteiger partial charge in [0.1, 0.15) is 23.2 Å². The number of alkyl halides is 1. The van der Waals surface area contributed by atoms with E-state index in [0.717, 1.165) is 33.4 Å². The van der Waals surface area contributed by atoms with Gasteiger partial charge in [-0.15, -0.1) is 0 Å². The van der Waals surface area contributed by atoms with Crippen molar-refractivity contribution in [1.29, 1.82) is 5.26 Å². The number of halogens is 1. The van der Waals surface area contributed by atoms with Gasteiger partial charge in [-0.2, -0.15) is 10.4 Å². The standard InChI is InChI=1S/C26H29BrN4O3/c1-14-18(11-27)15(2)31(30-14)13-17-8-16(6-7-21(17)33-5)23-19(12-28)25(29)34-22-10-26(3,4)9-20(32)24(22)23/h6-8,23H,9-11,13,29H2,1-5H3/t23-/m1/s1. The first-order valence-electron chi connectivity index (χ1n) is 11.2. The molecule has 1 aromatic carbocycles. The Morgan fingerprint density at radius 1 is 1.35 bits per heavy atom. The smallest absolute Gasteiger partial charge is 0.205 e. The molecular formula is C26H29BrN4O3. The molecule has 0 unspecified atom stereocenters. The van der Waals surface area contributed by atoms with Crippen LogP contribution in [0.1, 0.15) is 60.7 Å². The third kappa shape index (κ3) is 4.14. The van der Waals surface area contributed by atoms with Crippen molar-refractivity contribution in [2.45, 2.75) is 58.3 Å². The van der Waals surface area contributed by atoms with Crippen molar-refractivity contribution in [3.63, 3.8) is 0 Å². The SMILES string of the molecule is COc1ccc([C@@H]2C(C#N)=C(N)OC3=C2C(=O)CC(C)(C)C3)cc1Cn1nc(C)c(CBr)c1C. The van der Waals surface area contributed by atoms with E-state index in [9.17, 15) is 10.1 Å². The van der Waals surface area contributed by atoms with E-state index in [-0.39, 0.29) is 22.7 Å². The first-order chi connectivity index (χ1) is 16.1. The summed E-state index contributed by atoms with van der Waals surface area (Å²) in [7, 11) is 1.63. The van der Waals surface area contributed by atoms with Gasteiger partial charge < -0.3 is 15.2 Å². The number of hydrogen-bond acceptors (Lipinski definition) is 6. The molecule has 0 saturated heterocycles. The zero-order valence-electron chi connectivity index (χ0n) is 20.2. The Kier molecular flexibility index (Phi) is 6.34. The summed E-state index contributed by atoms with van der Waals surface area (Å²) in [6.45, 7) is 8.60. The lowest BCUT2D eigenvalue weighted by Gasteiger charge is -2.37. The van der Waals surface area contributed by atoms with Crippen molar-refractivity contribution in [3.8, 4) is 11.8 Å². The van der Waals surface area contributed by atoms with Crippen LogP contribution in [0.5, 0.6) is 5.75 Å². The number of nitrogens with zero attached hydrogens (tertiary/aromatic N) is 3. The number of aromatic nitrogens is 2. The molecule has 0 fully saturated rings. The largest absolute Gasteiger partial charge is 0.496 e. The number of ketones is 1. The van der Waals surface area contributed by atoms with E-state index in [1.165, 1.54) is 0 Å². The van der Waals surface area contributed by atoms with Crippen LogP contribution < -0.4 is 10.5 Å². The van der Waals surface area contributed by atoms with Gasteiger partial charge in [0, 0.05) is 40.6 Å². The van der Waals surface area contributed by atoms with Crippen LogP contribution >= 0.6 is 15.9 Å². The molecule has 0 amide bonds. The van der Waals surface area contributed by atoms with Gasteiger partial charge in [0.15, 0.2) is 5.78 Å². The predicted octanol–water partition coefficient (Wildman–Crippen LogP) is 4.90. The molecule has 1 aromatic heterocycles. The van der Waals surface area contributed by atoms with Gasteiger partial charge in [0.25, 0.3) is 0 Å². The number of allylic oxidation sites excluding steroid dienone is 3. The maximum atomic E-state index is 13.3. The zero-order valence-corrected chi connectivity index (χ0v) is 21.7. The Balaban J connectivity index is 1.83. The number of benzene rings is 1. The number of nitriles is 1. The molecule has 1 atom stereocenters. The number of carbonyl (C=O) groups is 1. The fraction of sp³-hybridized carbons (Fsp3) is 0.423. The maximum Gasteiger partial charge on any atom is 0.205 e. The molecule has 2 aliphatic rings. The van der Waals surface area contributed by atoms with Gasteiger partial charge in [-0.05, 0) is 37.0 Å². The highest BCUT2D eigenvalue weighted by molar-refractivity contribution is 9.08. The lowest BCUT2D eigenvalue weighted by molar-refractivity contribution is -0.119. The van der Waals surface area contributed by atoms with Crippen LogP contribution in [0.15, 0.2) is 41.0 Å². The minimum atomic E-state index is -0.569. The monoisotopic (exact) mass is 524 g/mol. The molecular weight excluding hydrogens is 496 g/mol. The van der Waals surface area contributed by atoms with Gasteiger partial charge in [-0.3, -0.25) is 9.48 Å². The molecule has 4 rings (SSSR count). The van der Waals surface area contributed by atoms with Crippen molar-refractivity contribution < 1.29 is 14.3 Å². The fourth-order valence-corrected chi connectivity index (χ4v) is 5.77. The summed E-state index contributed by atoms with van der Waals surface area (Å²) in [5, 5.41) is 15.4.